The minimum atomic E-state index is -0.544. The number of rotatable bonds is 3. The lowest BCUT2D eigenvalue weighted by Crippen LogP contribution is -2.32. The number of hydrogen-bond acceptors (Lipinski definition) is 4. The average Bonchev–Trinajstić information content (AvgIpc) is 2.72. The first-order chi connectivity index (χ1) is 8.04. The molecule has 0 aliphatic carbocycles. The van der Waals surface area contributed by atoms with Crippen molar-refractivity contribution in [2.75, 3.05) is 20.2 Å². The Hall–Kier alpha value is -1.35. The van der Waals surface area contributed by atoms with Gasteiger partial charge in [-0.1, -0.05) is 11.8 Å². The van der Waals surface area contributed by atoms with Crippen LogP contribution in [0.3, 0.4) is 0 Å². The van der Waals surface area contributed by atoms with E-state index in [0.29, 0.717) is 11.4 Å². The highest BCUT2D eigenvalue weighted by Crippen LogP contribution is 2.17. The van der Waals surface area contributed by atoms with Gasteiger partial charge in [0.15, 0.2) is 0 Å². The number of likely N-dealkylation sites (N-methyl/N-ethyl adjacent to an activating group) is 1. The second-order valence-corrected chi connectivity index (χ2v) is 4.74. The third-order valence-electron chi connectivity index (χ3n) is 1.99. The molecule has 0 bridgehead atoms. The zero-order chi connectivity index (χ0) is 12.8. The van der Waals surface area contributed by atoms with Gasteiger partial charge in [0, 0.05) is 13.6 Å². The first kappa shape index (κ1) is 13.7. The Labute approximate surface area is 105 Å². The van der Waals surface area contributed by atoms with Crippen molar-refractivity contribution in [1.29, 1.82) is 0 Å². The number of carbonyl (C=O) groups is 1. The van der Waals surface area contributed by atoms with E-state index in [1.165, 1.54) is 16.2 Å². The maximum Gasteiger partial charge on any atom is 0.263 e. The van der Waals surface area contributed by atoms with E-state index in [0.717, 1.165) is 4.88 Å². The van der Waals surface area contributed by atoms with Gasteiger partial charge in [-0.15, -0.1) is 11.3 Å². The van der Waals surface area contributed by atoms with Crippen LogP contribution in [0.4, 0.5) is 0 Å². The summed E-state index contributed by atoms with van der Waals surface area (Å²) >= 11 is 1.28. The van der Waals surface area contributed by atoms with Crippen molar-refractivity contribution in [2.24, 2.45) is 0 Å². The van der Waals surface area contributed by atoms with Crippen LogP contribution in [0.1, 0.15) is 21.5 Å². The molecule has 1 rings (SSSR count). The molecular formula is C12H15NO3S. The molecular weight excluding hydrogens is 238 g/mol. The third-order valence-corrected chi connectivity index (χ3v) is 2.98. The first-order valence-corrected chi connectivity index (χ1v) is 5.99. The van der Waals surface area contributed by atoms with Crippen molar-refractivity contribution >= 4 is 17.2 Å². The number of amides is 1. The fourth-order valence-corrected chi connectivity index (χ4v) is 2.19. The number of hydrogen-bond donors (Lipinski definition) is 2. The fraction of sp³-hybridized carbons (Fsp3) is 0.417. The molecule has 4 nitrogen and oxygen atoms in total. The standard InChI is InChI=1S/C12H15NO3S/c1-9(15)8-13(2)12(16)11-6-5-10(17-11)4-3-7-14/h5-6,9,14-15H,7-8H2,1-2H3. The summed E-state index contributed by atoms with van der Waals surface area (Å²) < 4.78 is 0. The molecule has 1 unspecified atom stereocenters. The van der Waals surface area contributed by atoms with Crippen molar-refractivity contribution in [3.63, 3.8) is 0 Å². The molecule has 17 heavy (non-hydrogen) atoms. The summed E-state index contributed by atoms with van der Waals surface area (Å²) in [6.45, 7) is 1.74. The maximum atomic E-state index is 11.9. The number of nitrogens with zero attached hydrogens (tertiary/aromatic N) is 1. The van der Waals surface area contributed by atoms with Gasteiger partial charge in [0.2, 0.25) is 0 Å². The normalized spacial score (nSPS) is 11.5. The Morgan fingerprint density at radius 2 is 2.29 bits per heavy atom. The van der Waals surface area contributed by atoms with E-state index < -0.39 is 6.10 Å². The SMILES string of the molecule is CC(O)CN(C)C(=O)c1ccc(C#CCO)s1. The molecule has 0 fully saturated rings. The number of aliphatic hydroxyl groups is 2. The first-order valence-electron chi connectivity index (χ1n) is 5.17. The summed E-state index contributed by atoms with van der Waals surface area (Å²) in [7, 11) is 1.65. The van der Waals surface area contributed by atoms with Gasteiger partial charge in [0.05, 0.1) is 15.9 Å². The van der Waals surface area contributed by atoms with E-state index in [1.54, 1.807) is 26.1 Å². The highest BCUT2D eigenvalue weighted by Gasteiger charge is 2.15. The summed E-state index contributed by atoms with van der Waals surface area (Å²) in [6.07, 6.45) is -0.544. The Morgan fingerprint density at radius 3 is 2.88 bits per heavy atom. The second kappa shape index (κ2) is 6.40. The maximum absolute atomic E-state index is 11.9. The quantitative estimate of drug-likeness (QED) is 0.773. The van der Waals surface area contributed by atoms with Crippen LogP contribution in [0.5, 0.6) is 0 Å². The van der Waals surface area contributed by atoms with Gasteiger partial charge >= 0.3 is 0 Å². The van der Waals surface area contributed by atoms with Crippen molar-refractivity contribution in [1.82, 2.24) is 4.90 Å². The van der Waals surface area contributed by atoms with E-state index in [2.05, 4.69) is 11.8 Å². The number of carbonyl (C=O) groups excluding carboxylic acids is 1. The molecule has 0 aliphatic rings. The molecule has 1 aromatic heterocycles. The van der Waals surface area contributed by atoms with Gasteiger partial charge in [0.1, 0.15) is 6.61 Å². The molecule has 1 atom stereocenters. The molecule has 2 N–H and O–H groups in total. The molecule has 1 aromatic rings. The Morgan fingerprint density at radius 1 is 1.59 bits per heavy atom. The topological polar surface area (TPSA) is 60.8 Å². The van der Waals surface area contributed by atoms with Crippen LogP contribution in [-0.2, 0) is 0 Å². The van der Waals surface area contributed by atoms with Crippen LogP contribution >= 0.6 is 11.3 Å². The van der Waals surface area contributed by atoms with Gasteiger partial charge in [-0.25, -0.2) is 0 Å². The third kappa shape index (κ3) is 4.19. The molecule has 92 valence electrons. The molecule has 0 radical (unpaired) electrons. The Bertz CT molecular complexity index is 442. The lowest BCUT2D eigenvalue weighted by atomic mass is 10.3. The van der Waals surface area contributed by atoms with Crippen molar-refractivity contribution < 1.29 is 15.0 Å². The summed E-state index contributed by atoms with van der Waals surface area (Å²) in [6, 6.07) is 3.45. The average molecular weight is 253 g/mol. The van der Waals surface area contributed by atoms with E-state index in [-0.39, 0.29) is 12.5 Å². The predicted octanol–water partition coefficient (Wildman–Crippen LogP) is 0.545. The van der Waals surface area contributed by atoms with Crippen LogP contribution < -0.4 is 0 Å². The molecule has 0 aliphatic heterocycles. The largest absolute Gasteiger partial charge is 0.392 e. The van der Waals surface area contributed by atoms with Gasteiger partial charge in [-0.2, -0.15) is 0 Å². The lowest BCUT2D eigenvalue weighted by molar-refractivity contribution is 0.0708. The highest BCUT2D eigenvalue weighted by molar-refractivity contribution is 7.14. The Kier molecular flexibility index (Phi) is 5.16. The molecule has 0 saturated carbocycles. The van der Waals surface area contributed by atoms with Gasteiger partial charge in [0.25, 0.3) is 5.91 Å². The summed E-state index contributed by atoms with van der Waals surface area (Å²) in [5.41, 5.74) is 0. The molecule has 1 heterocycles. The van der Waals surface area contributed by atoms with E-state index in [1.807, 2.05) is 0 Å². The van der Waals surface area contributed by atoms with E-state index in [4.69, 9.17) is 5.11 Å². The minimum Gasteiger partial charge on any atom is -0.392 e. The minimum absolute atomic E-state index is 0.132. The molecule has 0 saturated heterocycles. The number of thiophene rings is 1. The molecule has 0 spiro atoms. The van der Waals surface area contributed by atoms with Gasteiger partial charge < -0.3 is 15.1 Å². The summed E-state index contributed by atoms with van der Waals surface area (Å²) in [4.78, 5) is 14.7. The summed E-state index contributed by atoms with van der Waals surface area (Å²) in [5.74, 6) is 5.15. The molecule has 0 aromatic carbocycles. The highest BCUT2D eigenvalue weighted by atomic mass is 32.1. The zero-order valence-electron chi connectivity index (χ0n) is 9.80. The number of aliphatic hydroxyl groups excluding tert-OH is 2. The van der Waals surface area contributed by atoms with E-state index in [9.17, 15) is 9.90 Å². The van der Waals surface area contributed by atoms with Crippen LogP contribution in [0.25, 0.3) is 0 Å². The molecule has 1 amide bonds. The molecule has 5 heteroatoms. The Balaban J connectivity index is 2.72. The monoisotopic (exact) mass is 253 g/mol. The van der Waals surface area contributed by atoms with Crippen molar-refractivity contribution in [3.8, 4) is 11.8 Å². The van der Waals surface area contributed by atoms with Crippen molar-refractivity contribution in [3.05, 3.63) is 21.9 Å². The smallest absolute Gasteiger partial charge is 0.263 e. The fourth-order valence-electron chi connectivity index (χ4n) is 1.31. The zero-order valence-corrected chi connectivity index (χ0v) is 10.6. The van der Waals surface area contributed by atoms with Crippen LogP contribution in [-0.4, -0.2) is 47.3 Å². The van der Waals surface area contributed by atoms with Crippen LogP contribution in [0, 0.1) is 11.8 Å². The van der Waals surface area contributed by atoms with Crippen LogP contribution in [0.15, 0.2) is 12.1 Å². The second-order valence-electron chi connectivity index (χ2n) is 3.66. The lowest BCUT2D eigenvalue weighted by Gasteiger charge is -2.17. The van der Waals surface area contributed by atoms with E-state index >= 15 is 0 Å². The van der Waals surface area contributed by atoms with Crippen molar-refractivity contribution in [2.45, 2.75) is 13.0 Å². The van der Waals surface area contributed by atoms with Gasteiger partial charge in [-0.3, -0.25) is 4.79 Å². The van der Waals surface area contributed by atoms with Crippen LogP contribution in [0.2, 0.25) is 0 Å². The van der Waals surface area contributed by atoms with Gasteiger partial charge in [-0.05, 0) is 19.1 Å². The predicted molar refractivity (Wildman–Crippen MR) is 66.9 cm³/mol. The summed E-state index contributed by atoms with van der Waals surface area (Å²) in [5, 5.41) is 17.8.